The number of amides is 2. The van der Waals surface area contributed by atoms with E-state index in [1.165, 1.54) is 21.8 Å². The molecular weight excluding hydrogens is 480 g/mol. The molecule has 0 bridgehead atoms. The molecule has 0 saturated carbocycles. The number of esters is 1. The first-order chi connectivity index (χ1) is 16.6. The molecule has 2 aliphatic rings. The van der Waals surface area contributed by atoms with Gasteiger partial charge in [-0.3, -0.25) is 10.2 Å². The third-order valence-corrected chi connectivity index (χ3v) is 9.16. The van der Waals surface area contributed by atoms with Crippen LogP contribution in [0.4, 0.5) is 9.80 Å². The minimum Gasteiger partial charge on any atom is -0.456 e. The highest BCUT2D eigenvalue weighted by atomic mass is 32.2. The summed E-state index contributed by atoms with van der Waals surface area (Å²) < 4.78 is 7.84. The molecule has 7 nitrogen and oxygen atoms in total. The number of rotatable bonds is 6. The second kappa shape index (κ2) is 10.4. The topological polar surface area (TPSA) is 75.6 Å². The van der Waals surface area contributed by atoms with Crippen molar-refractivity contribution in [2.24, 2.45) is 5.92 Å². The van der Waals surface area contributed by atoms with E-state index in [0.717, 1.165) is 36.5 Å². The van der Waals surface area contributed by atoms with Gasteiger partial charge in [0.25, 0.3) is 0 Å². The van der Waals surface area contributed by atoms with Gasteiger partial charge < -0.3 is 14.6 Å². The highest BCUT2D eigenvalue weighted by Crippen LogP contribution is 2.51. The normalized spacial score (nSPS) is 20.6. The number of likely N-dealkylation sites (N-methyl/N-ethyl adjacent to an activating group) is 1. The molecule has 2 amide bonds. The molecule has 0 fully saturated rings. The van der Waals surface area contributed by atoms with E-state index in [1.54, 1.807) is 0 Å². The average molecular weight is 517 g/mol. The summed E-state index contributed by atoms with van der Waals surface area (Å²) in [5, 5.41) is 6.79. The number of hydrogen-bond acceptors (Lipinski definition) is 6. The van der Waals surface area contributed by atoms with Gasteiger partial charge in [0.15, 0.2) is 0 Å². The smallest absolute Gasteiger partial charge is 0.341 e. The molecular formula is C26H36N4O3S2. The van der Waals surface area contributed by atoms with Crippen molar-refractivity contribution in [1.29, 1.82) is 0 Å². The summed E-state index contributed by atoms with van der Waals surface area (Å²) in [5.41, 5.74) is 2.15. The SMILES string of the molecule is CCN1CCC2=C(C1)SC(n1cccc1)C2CNC(=O)Nc1sc(C)c(C)c1C(=O)OC(C)(C)C. The fourth-order valence-corrected chi connectivity index (χ4v) is 7.31. The highest BCUT2D eigenvalue weighted by Gasteiger charge is 2.38. The predicted octanol–water partition coefficient (Wildman–Crippen LogP) is 5.78. The lowest BCUT2D eigenvalue weighted by molar-refractivity contribution is 0.00704. The highest BCUT2D eigenvalue weighted by molar-refractivity contribution is 8.03. The Kier molecular flexibility index (Phi) is 7.68. The van der Waals surface area contributed by atoms with Crippen molar-refractivity contribution >= 4 is 40.1 Å². The number of anilines is 1. The number of nitrogens with zero attached hydrogens (tertiary/aromatic N) is 2. The summed E-state index contributed by atoms with van der Waals surface area (Å²) in [6.45, 7) is 15.2. The third kappa shape index (κ3) is 5.78. The molecule has 4 heterocycles. The maximum absolute atomic E-state index is 13.0. The summed E-state index contributed by atoms with van der Waals surface area (Å²) in [6, 6.07) is 3.80. The average Bonchev–Trinajstić information content (AvgIpc) is 3.49. The Hall–Kier alpha value is -2.23. The monoisotopic (exact) mass is 516 g/mol. The maximum Gasteiger partial charge on any atom is 0.341 e. The standard InChI is InChI=1S/C26H36N4O3S2/c1-7-29-13-10-18-19(23(35-20(18)15-29)30-11-8-9-12-30)14-27-25(32)28-22-21(16(2)17(3)34-22)24(31)33-26(4,5)6/h8-9,11-12,19,23H,7,10,13-15H2,1-6H3,(H2,27,28,32). The van der Waals surface area contributed by atoms with Crippen LogP contribution in [0.5, 0.6) is 0 Å². The largest absolute Gasteiger partial charge is 0.456 e. The number of carbonyl (C=O) groups excluding carboxylic acids is 2. The van der Waals surface area contributed by atoms with E-state index in [2.05, 4.69) is 39.4 Å². The van der Waals surface area contributed by atoms with Gasteiger partial charge in [-0.25, -0.2) is 9.59 Å². The van der Waals surface area contributed by atoms with E-state index in [-0.39, 0.29) is 17.3 Å². The zero-order valence-electron chi connectivity index (χ0n) is 21.4. The van der Waals surface area contributed by atoms with Gasteiger partial charge in [0.1, 0.15) is 10.6 Å². The number of ether oxygens (including phenoxy) is 1. The first-order valence-electron chi connectivity index (χ1n) is 12.2. The number of thioether (sulfide) groups is 1. The quantitative estimate of drug-likeness (QED) is 0.476. The van der Waals surface area contributed by atoms with Crippen LogP contribution in [0.2, 0.25) is 0 Å². The van der Waals surface area contributed by atoms with Crippen molar-refractivity contribution in [3.63, 3.8) is 0 Å². The Morgan fingerprint density at radius 2 is 1.91 bits per heavy atom. The Labute approximate surface area is 216 Å². The van der Waals surface area contributed by atoms with Gasteiger partial charge in [-0.2, -0.15) is 0 Å². The van der Waals surface area contributed by atoms with Gasteiger partial charge >= 0.3 is 12.0 Å². The van der Waals surface area contributed by atoms with Crippen LogP contribution in [-0.2, 0) is 4.74 Å². The van der Waals surface area contributed by atoms with Crippen LogP contribution in [0.25, 0.3) is 0 Å². The Bertz CT molecular complexity index is 1110. The summed E-state index contributed by atoms with van der Waals surface area (Å²) in [4.78, 5) is 30.7. The fraction of sp³-hybridized carbons (Fsp3) is 0.538. The number of aryl methyl sites for hydroxylation is 1. The van der Waals surface area contributed by atoms with Gasteiger partial charge in [0, 0.05) is 47.7 Å². The van der Waals surface area contributed by atoms with E-state index in [9.17, 15) is 9.59 Å². The van der Waals surface area contributed by atoms with Gasteiger partial charge in [-0.05, 0) is 65.3 Å². The number of carbonyl (C=O) groups is 2. The van der Waals surface area contributed by atoms with Crippen LogP contribution in [-0.4, -0.2) is 53.2 Å². The van der Waals surface area contributed by atoms with Crippen molar-refractivity contribution in [1.82, 2.24) is 14.8 Å². The molecule has 2 unspecified atom stereocenters. The van der Waals surface area contributed by atoms with Crippen molar-refractivity contribution in [2.45, 2.75) is 58.9 Å². The second-order valence-corrected chi connectivity index (χ2v) is 12.6. The molecule has 9 heteroatoms. The zero-order valence-corrected chi connectivity index (χ0v) is 23.1. The summed E-state index contributed by atoms with van der Waals surface area (Å²) in [6.07, 6.45) is 5.24. The lowest BCUT2D eigenvalue weighted by Gasteiger charge is -2.28. The molecule has 2 aromatic heterocycles. The van der Waals surface area contributed by atoms with Gasteiger partial charge in [0.2, 0.25) is 0 Å². The number of urea groups is 1. The molecule has 35 heavy (non-hydrogen) atoms. The van der Waals surface area contributed by atoms with Crippen molar-refractivity contribution < 1.29 is 14.3 Å². The second-order valence-electron chi connectivity index (χ2n) is 10.1. The number of aromatic nitrogens is 1. The number of hydrogen-bond donors (Lipinski definition) is 2. The Morgan fingerprint density at radius 3 is 2.57 bits per heavy atom. The first kappa shape index (κ1) is 25.9. The molecule has 2 N–H and O–H groups in total. The Balaban J connectivity index is 1.47. The summed E-state index contributed by atoms with van der Waals surface area (Å²) in [7, 11) is 0. The molecule has 0 spiro atoms. The fourth-order valence-electron chi connectivity index (χ4n) is 4.63. The molecule has 2 aromatic rings. The van der Waals surface area contributed by atoms with E-state index < -0.39 is 11.6 Å². The molecule has 2 aliphatic heterocycles. The molecule has 0 aliphatic carbocycles. The van der Waals surface area contributed by atoms with Crippen molar-refractivity contribution in [2.75, 3.05) is 31.5 Å². The van der Waals surface area contributed by atoms with E-state index in [0.29, 0.717) is 17.1 Å². The predicted molar refractivity (Wildman–Crippen MR) is 144 cm³/mol. The van der Waals surface area contributed by atoms with Gasteiger partial charge in [0.05, 0.1) is 10.9 Å². The minimum absolute atomic E-state index is 0.226. The number of nitrogens with one attached hydrogen (secondary N) is 2. The lowest BCUT2D eigenvalue weighted by atomic mass is 9.93. The lowest BCUT2D eigenvalue weighted by Crippen LogP contribution is -2.37. The van der Waals surface area contributed by atoms with Crippen LogP contribution < -0.4 is 10.6 Å². The van der Waals surface area contributed by atoms with Gasteiger partial charge in [-0.15, -0.1) is 23.1 Å². The Morgan fingerprint density at radius 1 is 1.20 bits per heavy atom. The van der Waals surface area contributed by atoms with Crippen LogP contribution in [0.3, 0.4) is 0 Å². The van der Waals surface area contributed by atoms with Crippen molar-refractivity contribution in [3.8, 4) is 0 Å². The van der Waals surface area contributed by atoms with Crippen LogP contribution in [0, 0.1) is 19.8 Å². The van der Waals surface area contributed by atoms with Gasteiger partial charge in [-0.1, -0.05) is 12.5 Å². The zero-order chi connectivity index (χ0) is 25.3. The minimum atomic E-state index is -0.606. The first-order valence-corrected chi connectivity index (χ1v) is 13.9. The van der Waals surface area contributed by atoms with E-state index >= 15 is 0 Å². The maximum atomic E-state index is 13.0. The molecule has 190 valence electrons. The van der Waals surface area contributed by atoms with Crippen molar-refractivity contribution in [3.05, 3.63) is 51.0 Å². The third-order valence-electron chi connectivity index (χ3n) is 6.54. The molecule has 2 atom stereocenters. The summed E-state index contributed by atoms with van der Waals surface area (Å²) in [5.74, 6) is -0.184. The van der Waals surface area contributed by atoms with Crippen LogP contribution in [0.1, 0.15) is 60.3 Å². The molecule has 0 aromatic carbocycles. The molecule has 0 radical (unpaired) electrons. The van der Waals surface area contributed by atoms with Crippen LogP contribution in [0.15, 0.2) is 35.0 Å². The van der Waals surface area contributed by atoms with E-state index in [1.807, 2.05) is 58.5 Å². The van der Waals surface area contributed by atoms with Crippen LogP contribution >= 0.6 is 23.1 Å². The molecule has 0 saturated heterocycles. The summed E-state index contributed by atoms with van der Waals surface area (Å²) >= 11 is 3.33. The molecule has 4 rings (SSSR count). The van der Waals surface area contributed by atoms with E-state index in [4.69, 9.17) is 4.74 Å². The number of thiophene rings is 1.